The Labute approximate surface area is 408 Å². The van der Waals surface area contributed by atoms with Crippen molar-refractivity contribution in [1.82, 2.24) is 0 Å². The van der Waals surface area contributed by atoms with E-state index in [0.717, 1.165) is 109 Å². The summed E-state index contributed by atoms with van der Waals surface area (Å²) in [6, 6.07) is 0. The summed E-state index contributed by atoms with van der Waals surface area (Å²) < 4.78 is 16.8. The summed E-state index contributed by atoms with van der Waals surface area (Å²) >= 11 is 0. The Bertz CT molecular complexity index is 1240. The van der Waals surface area contributed by atoms with Crippen LogP contribution in [-0.4, -0.2) is 37.2 Å². The normalized spacial score (nSPS) is 12.6. The molecule has 0 aliphatic carbocycles. The molecule has 0 heterocycles. The molecule has 0 aromatic rings. The minimum Gasteiger partial charge on any atom is -0.462 e. The van der Waals surface area contributed by atoms with E-state index in [-0.39, 0.29) is 31.1 Å². The Morgan fingerprint density at radius 2 is 0.591 bits per heavy atom. The molecule has 380 valence electrons. The number of allylic oxidation sites excluding steroid dienone is 12. The number of hydrogen-bond acceptors (Lipinski definition) is 6. The third-order valence-corrected chi connectivity index (χ3v) is 11.9. The van der Waals surface area contributed by atoms with Crippen molar-refractivity contribution in [3.8, 4) is 0 Å². The van der Waals surface area contributed by atoms with Crippen LogP contribution in [0.3, 0.4) is 0 Å². The van der Waals surface area contributed by atoms with Crippen LogP contribution in [0, 0.1) is 0 Å². The van der Waals surface area contributed by atoms with Crippen molar-refractivity contribution in [2.45, 2.75) is 277 Å². The van der Waals surface area contributed by atoms with Gasteiger partial charge < -0.3 is 14.2 Å². The van der Waals surface area contributed by atoms with Gasteiger partial charge in [-0.1, -0.05) is 235 Å². The van der Waals surface area contributed by atoms with Gasteiger partial charge in [0, 0.05) is 19.3 Å². The third kappa shape index (κ3) is 51.8. The van der Waals surface area contributed by atoms with Gasteiger partial charge in [-0.15, -0.1) is 0 Å². The van der Waals surface area contributed by atoms with Crippen molar-refractivity contribution in [1.29, 1.82) is 0 Å². The van der Waals surface area contributed by atoms with Gasteiger partial charge in [0.2, 0.25) is 0 Å². The summed E-state index contributed by atoms with van der Waals surface area (Å²) in [6.45, 7) is 6.50. The molecule has 1 unspecified atom stereocenters. The molecule has 0 spiro atoms. The molecule has 0 aromatic heterocycles. The molecule has 6 heteroatoms. The number of esters is 3. The molecule has 1 atom stereocenters. The third-order valence-electron chi connectivity index (χ3n) is 11.9. The fraction of sp³-hybridized carbons (Fsp3) is 0.750. The van der Waals surface area contributed by atoms with Gasteiger partial charge in [0.15, 0.2) is 6.10 Å². The van der Waals surface area contributed by atoms with Crippen molar-refractivity contribution >= 4 is 17.9 Å². The largest absolute Gasteiger partial charge is 0.462 e. The number of hydrogen-bond donors (Lipinski definition) is 0. The predicted octanol–water partition coefficient (Wildman–Crippen LogP) is 18.6. The van der Waals surface area contributed by atoms with E-state index in [0.29, 0.717) is 19.3 Å². The highest BCUT2D eigenvalue weighted by Gasteiger charge is 2.19. The van der Waals surface area contributed by atoms with E-state index in [1.807, 2.05) is 0 Å². The first-order valence-electron chi connectivity index (χ1n) is 27.9. The Morgan fingerprint density at radius 1 is 0.318 bits per heavy atom. The Morgan fingerprint density at radius 3 is 0.955 bits per heavy atom. The Hall–Kier alpha value is -3.15. The second kappa shape index (κ2) is 54.5. The molecule has 0 aliphatic heterocycles. The van der Waals surface area contributed by atoms with E-state index >= 15 is 0 Å². The van der Waals surface area contributed by atoms with Gasteiger partial charge in [0.25, 0.3) is 0 Å². The number of unbranched alkanes of at least 4 members (excludes halogenated alkanes) is 27. The number of carbonyl (C=O) groups excluding carboxylic acids is 3. The van der Waals surface area contributed by atoms with Gasteiger partial charge in [-0.2, -0.15) is 0 Å². The van der Waals surface area contributed by atoms with Crippen LogP contribution < -0.4 is 0 Å². The summed E-state index contributed by atoms with van der Waals surface area (Å²) in [4.78, 5) is 38.1. The summed E-state index contributed by atoms with van der Waals surface area (Å²) in [7, 11) is 0. The van der Waals surface area contributed by atoms with Crippen LogP contribution in [0.2, 0.25) is 0 Å². The highest BCUT2D eigenvalue weighted by atomic mass is 16.6. The lowest BCUT2D eigenvalue weighted by atomic mass is 10.0. The molecule has 6 nitrogen and oxygen atoms in total. The summed E-state index contributed by atoms with van der Waals surface area (Å²) in [6.07, 6.45) is 68.9. The summed E-state index contributed by atoms with van der Waals surface area (Å²) in [5.41, 5.74) is 0. The van der Waals surface area contributed by atoms with Gasteiger partial charge in [-0.25, -0.2) is 0 Å². The van der Waals surface area contributed by atoms with Crippen molar-refractivity contribution in [3.05, 3.63) is 72.9 Å². The first-order chi connectivity index (χ1) is 32.5. The van der Waals surface area contributed by atoms with Crippen LogP contribution in [0.1, 0.15) is 271 Å². The SMILES string of the molecule is CC/C=C\C/C=C\C/C=C\C/C=C\C/C=C\CCCCCC(=O)OCC(COC(=O)CCCCC/C=C\CCCCCCCCC)OC(=O)CCCCCCCCCCCCCCCCC. The lowest BCUT2D eigenvalue weighted by molar-refractivity contribution is -0.167. The standard InChI is InChI=1S/C60H104O6/c1-4-7-10-13-16-19-22-25-28-29-30-31-33-35-38-41-44-47-50-53-59(62)65-56-57(55-64-58(61)52-49-46-43-40-37-34-27-24-21-18-15-12-9-6-3)66-60(63)54-51-48-45-42-39-36-32-26-23-20-17-14-11-8-5-2/h7,10,16,19,25,28,30-31,34-35,37-38,57H,4-6,8-9,11-15,17-18,20-24,26-27,29,32-33,36,39-56H2,1-3H3/b10-7-,19-16-,28-25-,31-30-,37-34-,38-35-. The minimum atomic E-state index is -0.793. The first kappa shape index (κ1) is 62.8. The minimum absolute atomic E-state index is 0.0920. The van der Waals surface area contributed by atoms with Crippen LogP contribution >= 0.6 is 0 Å². The van der Waals surface area contributed by atoms with Crippen LogP contribution in [0.25, 0.3) is 0 Å². The molecule has 0 radical (unpaired) electrons. The monoisotopic (exact) mass is 921 g/mol. The van der Waals surface area contributed by atoms with Gasteiger partial charge >= 0.3 is 17.9 Å². The summed E-state index contributed by atoms with van der Waals surface area (Å²) in [5.74, 6) is -0.931. The van der Waals surface area contributed by atoms with Crippen LogP contribution in [0.5, 0.6) is 0 Å². The molecule has 0 N–H and O–H groups in total. The molecule has 66 heavy (non-hydrogen) atoms. The van der Waals surface area contributed by atoms with Crippen LogP contribution in [0.4, 0.5) is 0 Å². The molecule has 0 aromatic carbocycles. The lowest BCUT2D eigenvalue weighted by Gasteiger charge is -2.18. The fourth-order valence-electron chi connectivity index (χ4n) is 7.76. The smallest absolute Gasteiger partial charge is 0.306 e. The Kier molecular flexibility index (Phi) is 51.9. The zero-order valence-electron chi connectivity index (χ0n) is 43.4. The zero-order valence-corrected chi connectivity index (χ0v) is 43.4. The molecule has 0 saturated heterocycles. The van der Waals surface area contributed by atoms with Gasteiger partial charge in [0.1, 0.15) is 13.2 Å². The predicted molar refractivity (Wildman–Crippen MR) is 284 cm³/mol. The van der Waals surface area contributed by atoms with E-state index in [1.54, 1.807) is 0 Å². The molecular weight excluding hydrogens is 817 g/mol. The number of rotatable bonds is 50. The van der Waals surface area contributed by atoms with Crippen LogP contribution in [0.15, 0.2) is 72.9 Å². The fourth-order valence-corrected chi connectivity index (χ4v) is 7.76. The quantitative estimate of drug-likeness (QED) is 0.0262. The maximum absolute atomic E-state index is 12.8. The Balaban J connectivity index is 4.44. The number of carbonyl (C=O) groups is 3. The molecule has 0 saturated carbocycles. The van der Waals surface area contributed by atoms with Gasteiger partial charge in [-0.05, 0) is 89.9 Å². The van der Waals surface area contributed by atoms with E-state index in [1.165, 1.54) is 122 Å². The van der Waals surface area contributed by atoms with Gasteiger partial charge in [0.05, 0.1) is 0 Å². The highest BCUT2D eigenvalue weighted by molar-refractivity contribution is 5.71. The van der Waals surface area contributed by atoms with E-state index in [4.69, 9.17) is 14.2 Å². The van der Waals surface area contributed by atoms with Crippen molar-refractivity contribution in [2.24, 2.45) is 0 Å². The van der Waals surface area contributed by atoms with E-state index in [9.17, 15) is 14.4 Å². The maximum Gasteiger partial charge on any atom is 0.306 e. The van der Waals surface area contributed by atoms with Crippen LogP contribution in [-0.2, 0) is 28.6 Å². The average Bonchev–Trinajstić information content (AvgIpc) is 3.31. The van der Waals surface area contributed by atoms with Gasteiger partial charge in [-0.3, -0.25) is 14.4 Å². The van der Waals surface area contributed by atoms with E-state index in [2.05, 4.69) is 93.7 Å². The summed E-state index contributed by atoms with van der Waals surface area (Å²) in [5, 5.41) is 0. The maximum atomic E-state index is 12.8. The van der Waals surface area contributed by atoms with E-state index < -0.39 is 6.10 Å². The second-order valence-corrected chi connectivity index (χ2v) is 18.5. The first-order valence-corrected chi connectivity index (χ1v) is 27.9. The topological polar surface area (TPSA) is 78.9 Å². The second-order valence-electron chi connectivity index (χ2n) is 18.5. The molecule has 0 amide bonds. The zero-order chi connectivity index (χ0) is 47.9. The molecule has 0 aliphatic rings. The lowest BCUT2D eigenvalue weighted by Crippen LogP contribution is -2.30. The van der Waals surface area contributed by atoms with Crippen molar-refractivity contribution in [3.63, 3.8) is 0 Å². The molecule has 0 bridgehead atoms. The van der Waals surface area contributed by atoms with Crippen molar-refractivity contribution in [2.75, 3.05) is 13.2 Å². The molecule has 0 rings (SSSR count). The molecule has 0 fully saturated rings. The average molecular weight is 921 g/mol. The van der Waals surface area contributed by atoms with Crippen molar-refractivity contribution < 1.29 is 28.6 Å². The number of ether oxygens (including phenoxy) is 3. The highest BCUT2D eigenvalue weighted by Crippen LogP contribution is 2.15. The molecular formula is C60H104O6.